The van der Waals surface area contributed by atoms with Crippen LogP contribution in [0.1, 0.15) is 39.0 Å². The van der Waals surface area contributed by atoms with Crippen molar-refractivity contribution in [2.75, 3.05) is 13.2 Å². The highest BCUT2D eigenvalue weighted by Gasteiger charge is 2.23. The van der Waals surface area contributed by atoms with Crippen LogP contribution >= 0.6 is 0 Å². The number of rotatable bonds is 7. The van der Waals surface area contributed by atoms with Crippen LogP contribution in [0.15, 0.2) is 30.6 Å². The van der Waals surface area contributed by atoms with Gasteiger partial charge in [-0.3, -0.25) is 4.79 Å². The lowest BCUT2D eigenvalue weighted by molar-refractivity contribution is 0.0519. The molecular weight excluding hydrogens is 350 g/mol. The van der Waals surface area contributed by atoms with E-state index >= 15 is 0 Å². The summed E-state index contributed by atoms with van der Waals surface area (Å²) in [7, 11) is 0. The third-order valence-corrected chi connectivity index (χ3v) is 4.00. The molecule has 1 N–H and O–H groups in total. The van der Waals surface area contributed by atoms with E-state index in [0.29, 0.717) is 34.0 Å². The third kappa shape index (κ3) is 3.86. The van der Waals surface area contributed by atoms with Crippen molar-refractivity contribution in [1.29, 1.82) is 0 Å². The van der Waals surface area contributed by atoms with Crippen molar-refractivity contribution in [3.05, 3.63) is 53.1 Å². The smallest absolute Gasteiger partial charge is 0.355 e. The largest absolute Gasteiger partial charge is 0.485 e. The first-order chi connectivity index (χ1) is 13.0. The number of benzene rings is 1. The van der Waals surface area contributed by atoms with Gasteiger partial charge in [-0.05, 0) is 48.9 Å². The summed E-state index contributed by atoms with van der Waals surface area (Å²) < 4.78 is 12.1. The zero-order chi connectivity index (χ0) is 19.4. The summed E-state index contributed by atoms with van der Waals surface area (Å²) in [4.78, 5) is 27.5. The first-order valence-electron chi connectivity index (χ1n) is 8.37. The molecule has 1 aromatic carbocycles. The Labute approximate surface area is 155 Å². The molecule has 140 valence electrons. The SMILES string of the molecule is CCOC(=O)c1[nH]c(C)c(C(=O)COc2cccc(-n3cnnn3)c2)c1C. The number of aromatic amines is 1. The number of H-pyrrole nitrogens is 1. The Balaban J connectivity index is 1.73. The van der Waals surface area contributed by atoms with E-state index in [4.69, 9.17) is 9.47 Å². The van der Waals surface area contributed by atoms with Crippen LogP contribution in [0.3, 0.4) is 0 Å². The summed E-state index contributed by atoms with van der Waals surface area (Å²) in [6, 6.07) is 7.06. The molecule has 3 aromatic rings. The maximum absolute atomic E-state index is 12.6. The van der Waals surface area contributed by atoms with Crippen molar-refractivity contribution in [2.45, 2.75) is 20.8 Å². The molecule has 0 aliphatic carbocycles. The molecule has 27 heavy (non-hydrogen) atoms. The maximum Gasteiger partial charge on any atom is 0.355 e. The summed E-state index contributed by atoms with van der Waals surface area (Å²) >= 11 is 0. The van der Waals surface area contributed by atoms with Crippen LogP contribution in [0.5, 0.6) is 5.75 Å². The average molecular weight is 369 g/mol. The number of tetrazole rings is 1. The van der Waals surface area contributed by atoms with Gasteiger partial charge in [-0.15, -0.1) is 5.10 Å². The lowest BCUT2D eigenvalue weighted by Crippen LogP contribution is -2.14. The van der Waals surface area contributed by atoms with Gasteiger partial charge in [0.25, 0.3) is 0 Å². The molecule has 2 aromatic heterocycles. The molecule has 0 amide bonds. The van der Waals surface area contributed by atoms with Crippen molar-refractivity contribution in [2.24, 2.45) is 0 Å². The van der Waals surface area contributed by atoms with Gasteiger partial charge in [0.05, 0.1) is 12.3 Å². The number of nitrogens with zero attached hydrogens (tertiary/aromatic N) is 4. The molecule has 0 unspecified atom stereocenters. The zero-order valence-electron chi connectivity index (χ0n) is 15.2. The van der Waals surface area contributed by atoms with E-state index in [2.05, 4.69) is 20.5 Å². The number of Topliss-reactive ketones (excluding diaryl/α,β-unsaturated/α-hetero) is 1. The Kier molecular flexibility index (Phi) is 5.30. The number of nitrogens with one attached hydrogen (secondary N) is 1. The Hall–Kier alpha value is -3.49. The number of carbonyl (C=O) groups excluding carboxylic acids is 2. The molecule has 0 saturated heterocycles. The lowest BCUT2D eigenvalue weighted by Gasteiger charge is -2.08. The van der Waals surface area contributed by atoms with Crippen LogP contribution in [0.25, 0.3) is 5.69 Å². The number of esters is 1. The Morgan fingerprint density at radius 3 is 2.78 bits per heavy atom. The number of ketones is 1. The second-order valence-electron chi connectivity index (χ2n) is 5.81. The number of hydrogen-bond acceptors (Lipinski definition) is 7. The van der Waals surface area contributed by atoms with Crippen LogP contribution in [0.4, 0.5) is 0 Å². The molecule has 9 heteroatoms. The van der Waals surface area contributed by atoms with E-state index < -0.39 is 5.97 Å². The van der Waals surface area contributed by atoms with Crippen molar-refractivity contribution >= 4 is 11.8 Å². The molecule has 9 nitrogen and oxygen atoms in total. The highest BCUT2D eigenvalue weighted by Crippen LogP contribution is 2.21. The monoisotopic (exact) mass is 369 g/mol. The molecule has 0 saturated carbocycles. The first-order valence-corrected chi connectivity index (χ1v) is 8.37. The van der Waals surface area contributed by atoms with E-state index in [0.717, 1.165) is 0 Å². The fourth-order valence-electron chi connectivity index (χ4n) is 2.79. The van der Waals surface area contributed by atoms with Crippen LogP contribution in [0.2, 0.25) is 0 Å². The van der Waals surface area contributed by atoms with Crippen molar-refractivity contribution in [3.8, 4) is 11.4 Å². The second kappa shape index (κ2) is 7.81. The number of aryl methyl sites for hydroxylation is 1. The van der Waals surface area contributed by atoms with Crippen LogP contribution < -0.4 is 4.74 Å². The third-order valence-electron chi connectivity index (χ3n) is 4.00. The summed E-state index contributed by atoms with van der Waals surface area (Å²) in [5.41, 5.74) is 2.60. The second-order valence-corrected chi connectivity index (χ2v) is 5.81. The molecule has 0 bridgehead atoms. The van der Waals surface area contributed by atoms with Crippen LogP contribution in [-0.2, 0) is 4.74 Å². The van der Waals surface area contributed by atoms with E-state index in [-0.39, 0.29) is 19.0 Å². The summed E-state index contributed by atoms with van der Waals surface area (Å²) in [5.74, 6) is -0.204. The molecule has 0 radical (unpaired) electrons. The minimum Gasteiger partial charge on any atom is -0.485 e. The van der Waals surface area contributed by atoms with Gasteiger partial charge in [-0.25, -0.2) is 9.48 Å². The Morgan fingerprint density at radius 2 is 2.07 bits per heavy atom. The molecule has 0 fully saturated rings. The van der Waals surface area contributed by atoms with Crippen LogP contribution in [-0.4, -0.2) is 50.2 Å². The summed E-state index contributed by atoms with van der Waals surface area (Å²) in [6.07, 6.45) is 1.47. The van der Waals surface area contributed by atoms with E-state index in [1.165, 1.54) is 11.0 Å². The number of hydrogen-bond donors (Lipinski definition) is 1. The number of aromatic nitrogens is 5. The van der Waals surface area contributed by atoms with Gasteiger partial charge in [0.15, 0.2) is 6.61 Å². The molecule has 0 spiro atoms. The normalized spacial score (nSPS) is 10.6. The number of ether oxygens (including phenoxy) is 2. The van der Waals surface area contributed by atoms with Crippen molar-refractivity contribution in [3.63, 3.8) is 0 Å². The van der Waals surface area contributed by atoms with Gasteiger partial charge in [-0.1, -0.05) is 6.07 Å². The predicted octanol–water partition coefficient (Wildman–Crippen LogP) is 2.05. The zero-order valence-corrected chi connectivity index (χ0v) is 15.2. The Bertz CT molecular complexity index is 962. The van der Waals surface area contributed by atoms with Crippen molar-refractivity contribution < 1.29 is 19.1 Å². The van der Waals surface area contributed by atoms with Crippen LogP contribution in [0, 0.1) is 13.8 Å². The number of carbonyl (C=O) groups is 2. The predicted molar refractivity (Wildman–Crippen MR) is 95.2 cm³/mol. The highest BCUT2D eigenvalue weighted by molar-refractivity contribution is 6.03. The summed E-state index contributed by atoms with van der Waals surface area (Å²) in [6.45, 7) is 5.27. The standard InChI is InChI=1S/C18H19N5O4/c1-4-26-18(25)17-11(2)16(12(3)20-17)15(24)9-27-14-7-5-6-13(8-14)23-10-19-21-22-23/h5-8,10,20H,4,9H2,1-3H3. The molecule has 3 rings (SSSR count). The minimum absolute atomic E-state index is 0.166. The van der Waals surface area contributed by atoms with Gasteiger partial charge < -0.3 is 14.5 Å². The molecule has 2 heterocycles. The molecule has 0 aliphatic rings. The lowest BCUT2D eigenvalue weighted by atomic mass is 10.1. The topological polar surface area (TPSA) is 112 Å². The van der Waals surface area contributed by atoms with Gasteiger partial charge in [0.2, 0.25) is 5.78 Å². The van der Waals surface area contributed by atoms with E-state index in [1.807, 2.05) is 6.07 Å². The van der Waals surface area contributed by atoms with E-state index in [1.54, 1.807) is 39.0 Å². The van der Waals surface area contributed by atoms with Gasteiger partial charge in [0.1, 0.15) is 17.8 Å². The fourth-order valence-corrected chi connectivity index (χ4v) is 2.79. The highest BCUT2D eigenvalue weighted by atomic mass is 16.5. The van der Waals surface area contributed by atoms with Gasteiger partial charge in [-0.2, -0.15) is 0 Å². The summed E-state index contributed by atoms with van der Waals surface area (Å²) in [5, 5.41) is 11.0. The molecule has 0 aliphatic heterocycles. The van der Waals surface area contributed by atoms with Gasteiger partial charge >= 0.3 is 5.97 Å². The first kappa shape index (κ1) is 18.3. The minimum atomic E-state index is -0.479. The maximum atomic E-state index is 12.6. The van der Waals surface area contributed by atoms with Gasteiger partial charge in [0, 0.05) is 17.3 Å². The fraction of sp³-hybridized carbons (Fsp3) is 0.278. The quantitative estimate of drug-likeness (QED) is 0.501. The average Bonchev–Trinajstić information content (AvgIpc) is 3.28. The molecular formula is C18H19N5O4. The van der Waals surface area contributed by atoms with E-state index in [9.17, 15) is 9.59 Å². The molecule has 0 atom stereocenters. The van der Waals surface area contributed by atoms with Crippen molar-refractivity contribution in [1.82, 2.24) is 25.2 Å². The Morgan fingerprint density at radius 1 is 1.26 bits per heavy atom.